The molecular weight excluding hydrogens is 388 g/mol. The fraction of sp³-hybridized carbons (Fsp3) is 0.100. The van der Waals surface area contributed by atoms with Gasteiger partial charge in [-0.25, -0.2) is 13.5 Å². The largest absolute Gasteiger partial charge is 0.488 e. The molecule has 1 aromatic heterocycles. The van der Waals surface area contributed by atoms with Crippen molar-refractivity contribution in [1.29, 1.82) is 0 Å². The summed E-state index contributed by atoms with van der Waals surface area (Å²) in [7, 11) is 0. The van der Waals surface area contributed by atoms with Gasteiger partial charge in [-0.1, -0.05) is 11.6 Å². The molecule has 0 fully saturated rings. The van der Waals surface area contributed by atoms with E-state index in [1.54, 1.807) is 30.5 Å². The van der Waals surface area contributed by atoms with Crippen molar-refractivity contribution in [1.82, 2.24) is 15.1 Å². The third-order valence-electron chi connectivity index (χ3n) is 4.22. The molecule has 0 unspecified atom stereocenters. The van der Waals surface area contributed by atoms with Crippen molar-refractivity contribution in [2.24, 2.45) is 0 Å². The second kappa shape index (κ2) is 7.44. The van der Waals surface area contributed by atoms with Crippen LogP contribution in [0.25, 0.3) is 11.8 Å². The molecular formula is C20H14ClF2N3O2. The number of nitrogens with zero attached hydrogens (tertiary/aromatic N) is 2. The Morgan fingerprint density at radius 2 is 2.11 bits per heavy atom. The van der Waals surface area contributed by atoms with E-state index in [0.717, 1.165) is 17.7 Å². The van der Waals surface area contributed by atoms with Crippen LogP contribution in [-0.2, 0) is 11.3 Å². The molecule has 2 aromatic carbocycles. The Bertz CT molecular complexity index is 1090. The minimum Gasteiger partial charge on any atom is -0.488 e. The zero-order chi connectivity index (χ0) is 19.7. The van der Waals surface area contributed by atoms with Crippen LogP contribution in [-0.4, -0.2) is 22.3 Å². The number of carbonyl (C=O) groups excluding carboxylic acids is 1. The maximum Gasteiger partial charge on any atom is 0.250 e. The second-order valence-electron chi connectivity index (χ2n) is 6.21. The molecule has 0 saturated carbocycles. The van der Waals surface area contributed by atoms with Crippen molar-refractivity contribution >= 4 is 23.6 Å². The highest BCUT2D eigenvalue weighted by Gasteiger charge is 2.17. The van der Waals surface area contributed by atoms with E-state index in [1.807, 2.05) is 0 Å². The molecule has 2 heterocycles. The first kappa shape index (κ1) is 18.2. The smallest absolute Gasteiger partial charge is 0.250 e. The molecule has 0 saturated heterocycles. The molecule has 0 atom stereocenters. The average Bonchev–Trinajstić information content (AvgIpc) is 3.14. The van der Waals surface area contributed by atoms with Crippen molar-refractivity contribution in [2.45, 2.75) is 6.54 Å². The molecule has 5 nitrogen and oxygen atoms in total. The van der Waals surface area contributed by atoms with Crippen LogP contribution in [0.4, 0.5) is 8.78 Å². The summed E-state index contributed by atoms with van der Waals surface area (Å²) < 4.78 is 33.7. The molecule has 0 aliphatic carbocycles. The normalized spacial score (nSPS) is 12.8. The van der Waals surface area contributed by atoms with Gasteiger partial charge in [0.25, 0.3) is 5.91 Å². The van der Waals surface area contributed by atoms with Gasteiger partial charge in [-0.2, -0.15) is 5.10 Å². The average molecular weight is 402 g/mol. The van der Waals surface area contributed by atoms with Crippen LogP contribution in [0.3, 0.4) is 0 Å². The predicted molar refractivity (Wildman–Crippen MR) is 100 cm³/mol. The third kappa shape index (κ3) is 3.75. The highest BCUT2D eigenvalue weighted by atomic mass is 35.5. The number of rotatable bonds is 4. The zero-order valence-electron chi connectivity index (χ0n) is 14.5. The highest BCUT2D eigenvalue weighted by Crippen LogP contribution is 2.29. The molecule has 1 amide bonds. The van der Waals surface area contributed by atoms with Crippen LogP contribution in [0, 0.1) is 11.6 Å². The van der Waals surface area contributed by atoms with E-state index in [4.69, 9.17) is 16.3 Å². The van der Waals surface area contributed by atoms with Gasteiger partial charge in [-0.3, -0.25) is 4.79 Å². The zero-order valence-corrected chi connectivity index (χ0v) is 15.2. The van der Waals surface area contributed by atoms with Gasteiger partial charge >= 0.3 is 0 Å². The molecule has 1 aliphatic rings. The lowest BCUT2D eigenvalue weighted by molar-refractivity contribution is -0.117. The molecule has 1 N–H and O–H groups in total. The monoisotopic (exact) mass is 401 g/mol. The summed E-state index contributed by atoms with van der Waals surface area (Å²) >= 11 is 5.98. The van der Waals surface area contributed by atoms with Gasteiger partial charge in [0.15, 0.2) is 5.82 Å². The Kier molecular flexibility index (Phi) is 4.83. The minimum absolute atomic E-state index is 0.121. The summed E-state index contributed by atoms with van der Waals surface area (Å²) in [4.78, 5) is 12.4. The Balaban J connectivity index is 1.44. The number of ether oxygens (including phenoxy) is 1. The van der Waals surface area contributed by atoms with Gasteiger partial charge in [0.2, 0.25) is 0 Å². The molecule has 8 heteroatoms. The fourth-order valence-electron chi connectivity index (χ4n) is 2.83. The number of hydrogen-bond acceptors (Lipinski definition) is 3. The van der Waals surface area contributed by atoms with Crippen molar-refractivity contribution in [3.8, 4) is 11.4 Å². The molecule has 0 bridgehead atoms. The van der Waals surface area contributed by atoms with Gasteiger partial charge < -0.3 is 10.1 Å². The van der Waals surface area contributed by atoms with Gasteiger partial charge in [-0.15, -0.1) is 0 Å². The van der Waals surface area contributed by atoms with E-state index in [0.29, 0.717) is 21.9 Å². The number of benzene rings is 2. The topological polar surface area (TPSA) is 56.2 Å². The van der Waals surface area contributed by atoms with Crippen LogP contribution in [0.2, 0.25) is 5.02 Å². The molecule has 0 spiro atoms. The van der Waals surface area contributed by atoms with Crippen LogP contribution >= 0.6 is 11.6 Å². The minimum atomic E-state index is -0.722. The molecule has 4 rings (SSSR count). The maximum absolute atomic E-state index is 13.9. The SMILES string of the molecule is O=C(NCc1cnn(-c2ccc(F)cc2F)c1)C1=Cc2cc(Cl)ccc2OC1. The number of nitrogens with one attached hydrogen (secondary N) is 1. The third-order valence-corrected chi connectivity index (χ3v) is 4.46. The molecule has 0 radical (unpaired) electrons. The lowest BCUT2D eigenvalue weighted by Crippen LogP contribution is -2.28. The van der Waals surface area contributed by atoms with Crippen molar-refractivity contribution in [2.75, 3.05) is 6.61 Å². The molecule has 28 heavy (non-hydrogen) atoms. The number of carbonyl (C=O) groups is 1. The lowest BCUT2D eigenvalue weighted by atomic mass is 10.1. The quantitative estimate of drug-likeness (QED) is 0.721. The van der Waals surface area contributed by atoms with Gasteiger partial charge in [0.05, 0.1) is 11.8 Å². The van der Waals surface area contributed by atoms with Crippen molar-refractivity contribution < 1.29 is 18.3 Å². The van der Waals surface area contributed by atoms with E-state index < -0.39 is 11.6 Å². The van der Waals surface area contributed by atoms with Crippen LogP contribution in [0.5, 0.6) is 5.75 Å². The summed E-state index contributed by atoms with van der Waals surface area (Å²) in [6, 6.07) is 8.45. The van der Waals surface area contributed by atoms with Crippen molar-refractivity contribution in [3.63, 3.8) is 0 Å². The van der Waals surface area contributed by atoms with Gasteiger partial charge in [-0.05, 0) is 36.4 Å². The number of aromatic nitrogens is 2. The molecule has 3 aromatic rings. The first-order chi connectivity index (χ1) is 13.5. The molecule has 1 aliphatic heterocycles. The number of halogens is 3. The summed E-state index contributed by atoms with van der Waals surface area (Å²) in [5, 5.41) is 7.39. The van der Waals surface area contributed by atoms with Crippen LogP contribution < -0.4 is 10.1 Å². The lowest BCUT2D eigenvalue weighted by Gasteiger charge is -2.17. The van der Waals surface area contributed by atoms with Crippen LogP contribution in [0.15, 0.2) is 54.4 Å². The summed E-state index contributed by atoms with van der Waals surface area (Å²) in [6.45, 7) is 0.349. The predicted octanol–water partition coefficient (Wildman–Crippen LogP) is 3.90. The Morgan fingerprint density at radius 1 is 1.25 bits per heavy atom. The standard InChI is InChI=1S/C20H14ClF2N3O2/c21-15-1-4-19-13(6-15)5-14(11-28-19)20(27)24-8-12-9-25-26(10-12)18-3-2-16(22)7-17(18)23/h1-7,9-10H,8,11H2,(H,24,27). The first-order valence-electron chi connectivity index (χ1n) is 8.40. The van der Waals surface area contributed by atoms with E-state index >= 15 is 0 Å². The Labute approximate surface area is 164 Å². The first-order valence-corrected chi connectivity index (χ1v) is 8.77. The Morgan fingerprint density at radius 3 is 2.93 bits per heavy atom. The van der Waals surface area contributed by atoms with Crippen LogP contribution in [0.1, 0.15) is 11.1 Å². The van der Waals surface area contributed by atoms with Gasteiger partial charge in [0, 0.05) is 35.0 Å². The van der Waals surface area contributed by atoms with Crippen molar-refractivity contribution in [3.05, 3.63) is 82.1 Å². The number of fused-ring (bicyclic) bond motifs is 1. The maximum atomic E-state index is 13.9. The molecule has 142 valence electrons. The summed E-state index contributed by atoms with van der Waals surface area (Å²) in [5.74, 6) is -0.998. The Hall–Kier alpha value is -3.19. The van der Waals surface area contributed by atoms with E-state index in [9.17, 15) is 13.6 Å². The fourth-order valence-corrected chi connectivity index (χ4v) is 3.01. The summed E-state index contributed by atoms with van der Waals surface area (Å²) in [6.07, 6.45) is 4.80. The van der Waals surface area contributed by atoms with E-state index in [1.165, 1.54) is 16.9 Å². The van der Waals surface area contributed by atoms with E-state index in [2.05, 4.69) is 10.4 Å². The second-order valence-corrected chi connectivity index (χ2v) is 6.65. The summed E-state index contributed by atoms with van der Waals surface area (Å²) in [5.41, 5.74) is 1.99. The van der Waals surface area contributed by atoms with Gasteiger partial charge in [0.1, 0.15) is 23.9 Å². The number of hydrogen-bond donors (Lipinski definition) is 1. The van der Waals surface area contributed by atoms with E-state index in [-0.39, 0.29) is 24.7 Å². The highest BCUT2D eigenvalue weighted by molar-refractivity contribution is 6.30. The number of amides is 1.